The van der Waals surface area contributed by atoms with Gasteiger partial charge < -0.3 is 15.5 Å². The largest absolute Gasteiger partial charge is 0.351 e. The van der Waals surface area contributed by atoms with Gasteiger partial charge in [0.25, 0.3) is 0 Å². The average Bonchev–Trinajstić information content (AvgIpc) is 2.77. The normalized spacial score (nSPS) is 17.7. The molecule has 1 aliphatic carbocycles. The molecule has 0 spiro atoms. The maximum Gasteiger partial charge on any atom is 0.242 e. The zero-order valence-corrected chi connectivity index (χ0v) is 18.7. The number of amides is 1. The average molecular weight is 458 g/mol. The predicted octanol–water partition coefficient (Wildman–Crippen LogP) is 3.90. The van der Waals surface area contributed by atoms with Crippen LogP contribution in [-0.4, -0.2) is 52.7 Å². The van der Waals surface area contributed by atoms with Crippen molar-refractivity contribution in [1.82, 2.24) is 15.1 Å². The number of nitrogens with zero attached hydrogens (tertiary/aromatic N) is 4. The van der Waals surface area contributed by atoms with Crippen molar-refractivity contribution < 1.29 is 4.79 Å². The molecular weight excluding hydrogens is 433 g/mol. The summed E-state index contributed by atoms with van der Waals surface area (Å²) in [6, 6.07) is 15.9. The summed E-state index contributed by atoms with van der Waals surface area (Å²) < 4.78 is 0. The summed E-state index contributed by atoms with van der Waals surface area (Å²) in [5.74, 6) is 0.962. The Bertz CT molecular complexity index is 1090. The van der Waals surface area contributed by atoms with Crippen LogP contribution in [0.1, 0.15) is 19.3 Å². The Hall–Kier alpha value is -2.41. The second-order valence-corrected chi connectivity index (χ2v) is 8.65. The summed E-state index contributed by atoms with van der Waals surface area (Å²) in [6.45, 7) is 2.76. The maximum absolute atomic E-state index is 12.7. The van der Waals surface area contributed by atoms with Crippen LogP contribution in [0.25, 0.3) is 22.0 Å². The monoisotopic (exact) mass is 457 g/mol. The van der Waals surface area contributed by atoms with E-state index in [2.05, 4.69) is 27.2 Å². The second-order valence-electron chi connectivity index (χ2n) is 8.21. The van der Waals surface area contributed by atoms with Gasteiger partial charge in [0.15, 0.2) is 5.82 Å². The number of fused-ring (bicyclic) bond motifs is 1. The zero-order chi connectivity index (χ0) is 20.7. The summed E-state index contributed by atoms with van der Waals surface area (Å²) in [7, 11) is 0. The van der Waals surface area contributed by atoms with E-state index in [9.17, 15) is 4.79 Å². The van der Waals surface area contributed by atoms with Crippen molar-refractivity contribution in [1.29, 1.82) is 0 Å². The van der Waals surface area contributed by atoms with E-state index in [-0.39, 0.29) is 18.3 Å². The summed E-state index contributed by atoms with van der Waals surface area (Å²) in [5, 5.41) is 12.0. The van der Waals surface area contributed by atoms with Crippen LogP contribution in [-0.2, 0) is 4.79 Å². The first-order valence-corrected chi connectivity index (χ1v) is 10.8. The highest BCUT2D eigenvalue weighted by Crippen LogP contribution is 2.34. The third-order valence-corrected chi connectivity index (χ3v) is 6.58. The molecule has 6 nitrogen and oxygen atoms in total. The Kier molecular flexibility index (Phi) is 6.06. The molecular formula is C23H25Cl2N5O. The van der Waals surface area contributed by atoms with E-state index in [4.69, 9.17) is 17.3 Å². The fourth-order valence-electron chi connectivity index (χ4n) is 4.35. The molecule has 2 aliphatic rings. The van der Waals surface area contributed by atoms with Crippen molar-refractivity contribution in [3.8, 4) is 11.3 Å². The molecule has 1 amide bonds. The van der Waals surface area contributed by atoms with E-state index in [1.807, 2.05) is 41.3 Å². The van der Waals surface area contributed by atoms with Gasteiger partial charge in [-0.25, -0.2) is 0 Å². The number of rotatable bonds is 3. The van der Waals surface area contributed by atoms with E-state index in [1.165, 1.54) is 0 Å². The zero-order valence-electron chi connectivity index (χ0n) is 17.1. The Morgan fingerprint density at radius 3 is 2.19 bits per heavy atom. The van der Waals surface area contributed by atoms with Gasteiger partial charge in [-0.2, -0.15) is 0 Å². The molecule has 2 N–H and O–H groups in total. The standard InChI is InChI=1S/C23H24ClN5O.ClH/c24-17-8-6-16(7-9-17)20-18-4-1-2-5-19(18)21(27-26-20)28-12-14-29(15-13-28)22(30)23(25)10-3-11-23;/h1-2,4-9H,3,10-15,25H2;1H. The number of halogens is 2. The molecule has 1 aliphatic heterocycles. The lowest BCUT2D eigenvalue weighted by molar-refractivity contribution is -0.140. The van der Waals surface area contributed by atoms with Gasteiger partial charge >= 0.3 is 0 Å². The first kappa shape index (κ1) is 21.8. The van der Waals surface area contributed by atoms with Gasteiger partial charge in [0.2, 0.25) is 5.91 Å². The number of hydrogen-bond donors (Lipinski definition) is 1. The van der Waals surface area contributed by atoms with Crippen LogP contribution in [0.4, 0.5) is 5.82 Å². The molecule has 0 atom stereocenters. The number of hydrogen-bond acceptors (Lipinski definition) is 5. The lowest BCUT2D eigenvalue weighted by atomic mass is 9.76. The molecule has 0 unspecified atom stereocenters. The third-order valence-electron chi connectivity index (χ3n) is 6.32. The Morgan fingerprint density at radius 2 is 1.58 bits per heavy atom. The highest BCUT2D eigenvalue weighted by molar-refractivity contribution is 6.30. The number of piperazine rings is 1. The highest BCUT2D eigenvalue weighted by atomic mass is 35.5. The number of aromatic nitrogens is 2. The minimum atomic E-state index is -0.630. The summed E-state index contributed by atoms with van der Waals surface area (Å²) in [6.07, 6.45) is 2.65. The Labute approximate surface area is 192 Å². The van der Waals surface area contributed by atoms with Gasteiger partial charge in [0.1, 0.15) is 5.69 Å². The molecule has 8 heteroatoms. The minimum Gasteiger partial charge on any atom is -0.351 e. The SMILES string of the molecule is Cl.NC1(C(=O)N2CCN(c3nnc(-c4ccc(Cl)cc4)c4ccccc34)CC2)CCC1. The molecule has 1 saturated carbocycles. The van der Waals surface area contributed by atoms with Crippen molar-refractivity contribution >= 4 is 46.5 Å². The molecule has 3 aromatic rings. The van der Waals surface area contributed by atoms with Crippen molar-refractivity contribution in [2.75, 3.05) is 31.1 Å². The Balaban J connectivity index is 0.00000231. The van der Waals surface area contributed by atoms with Crippen LogP contribution in [0.5, 0.6) is 0 Å². The van der Waals surface area contributed by atoms with Crippen LogP contribution in [0.2, 0.25) is 5.02 Å². The van der Waals surface area contributed by atoms with Gasteiger partial charge in [-0.15, -0.1) is 22.6 Å². The summed E-state index contributed by atoms with van der Waals surface area (Å²) in [5.41, 5.74) is 7.44. The molecule has 31 heavy (non-hydrogen) atoms. The number of carbonyl (C=O) groups is 1. The quantitative estimate of drug-likeness (QED) is 0.645. The Morgan fingerprint density at radius 1 is 0.935 bits per heavy atom. The number of anilines is 1. The highest BCUT2D eigenvalue weighted by Gasteiger charge is 2.43. The smallest absolute Gasteiger partial charge is 0.242 e. The molecule has 162 valence electrons. The van der Waals surface area contributed by atoms with Crippen LogP contribution in [0, 0.1) is 0 Å². The van der Waals surface area contributed by atoms with E-state index in [1.54, 1.807) is 0 Å². The molecule has 1 aromatic heterocycles. The number of nitrogens with two attached hydrogens (primary N) is 1. The maximum atomic E-state index is 12.7. The molecule has 2 aromatic carbocycles. The molecule has 0 bridgehead atoms. The summed E-state index contributed by atoms with van der Waals surface area (Å²) >= 11 is 6.04. The van der Waals surface area contributed by atoms with Gasteiger partial charge in [-0.3, -0.25) is 4.79 Å². The lowest BCUT2D eigenvalue weighted by Gasteiger charge is -2.43. The van der Waals surface area contributed by atoms with Gasteiger partial charge in [0.05, 0.1) is 5.54 Å². The molecule has 0 radical (unpaired) electrons. The van der Waals surface area contributed by atoms with E-state index in [0.29, 0.717) is 18.1 Å². The first-order chi connectivity index (χ1) is 14.5. The number of carbonyl (C=O) groups excluding carboxylic acids is 1. The van der Waals surface area contributed by atoms with Crippen molar-refractivity contribution in [2.24, 2.45) is 5.73 Å². The van der Waals surface area contributed by atoms with Crippen molar-refractivity contribution in [2.45, 2.75) is 24.8 Å². The van der Waals surface area contributed by atoms with Gasteiger partial charge in [-0.1, -0.05) is 48.0 Å². The molecule has 2 fully saturated rings. The van der Waals surface area contributed by atoms with E-state index in [0.717, 1.165) is 60.2 Å². The summed E-state index contributed by atoms with van der Waals surface area (Å²) in [4.78, 5) is 16.9. The lowest BCUT2D eigenvalue weighted by Crippen LogP contribution is -2.62. The molecule has 2 heterocycles. The minimum absolute atomic E-state index is 0. The van der Waals surface area contributed by atoms with Crippen LogP contribution >= 0.6 is 24.0 Å². The molecule has 5 rings (SSSR count). The van der Waals surface area contributed by atoms with Crippen molar-refractivity contribution in [3.63, 3.8) is 0 Å². The van der Waals surface area contributed by atoms with Crippen LogP contribution in [0.3, 0.4) is 0 Å². The fourth-order valence-corrected chi connectivity index (χ4v) is 4.48. The predicted molar refractivity (Wildman–Crippen MR) is 127 cm³/mol. The van der Waals surface area contributed by atoms with Gasteiger partial charge in [-0.05, 0) is 31.4 Å². The van der Waals surface area contributed by atoms with E-state index >= 15 is 0 Å². The van der Waals surface area contributed by atoms with Crippen LogP contribution < -0.4 is 10.6 Å². The molecule has 1 saturated heterocycles. The fraction of sp³-hybridized carbons (Fsp3) is 0.348. The van der Waals surface area contributed by atoms with Crippen molar-refractivity contribution in [3.05, 3.63) is 53.6 Å². The second kappa shape index (κ2) is 8.61. The number of benzene rings is 2. The topological polar surface area (TPSA) is 75.4 Å². The van der Waals surface area contributed by atoms with Crippen LogP contribution in [0.15, 0.2) is 48.5 Å². The third kappa shape index (κ3) is 3.95. The van der Waals surface area contributed by atoms with E-state index < -0.39 is 5.54 Å². The first-order valence-electron chi connectivity index (χ1n) is 10.4. The van der Waals surface area contributed by atoms with Gasteiger partial charge in [0, 0.05) is 47.5 Å².